The molecule has 1 aromatic carbocycles. The van der Waals surface area contributed by atoms with Crippen molar-refractivity contribution in [1.29, 1.82) is 0 Å². The highest BCUT2D eigenvalue weighted by Crippen LogP contribution is 2.57. The van der Waals surface area contributed by atoms with E-state index in [4.69, 9.17) is 9.47 Å². The number of fused-ring (bicyclic) bond motifs is 2. The zero-order valence-electron chi connectivity index (χ0n) is 15.1. The van der Waals surface area contributed by atoms with Gasteiger partial charge in [0.1, 0.15) is 11.9 Å². The van der Waals surface area contributed by atoms with Gasteiger partial charge >= 0.3 is 5.69 Å². The van der Waals surface area contributed by atoms with Gasteiger partial charge in [-0.3, -0.25) is 14.8 Å². The standard InChI is InChI=1S/C19H17N5O4/c1-23-10-14(24(25)26)18(22-23)21-13-5-6-16(20-9-13)28-15-4-2-3-12-11-27-19(7-8-19)17(12)15/h2-6,9-10H,7-8,11H2,1H3,(H,21,22). The molecule has 3 aromatic rings. The summed E-state index contributed by atoms with van der Waals surface area (Å²) >= 11 is 0. The van der Waals surface area contributed by atoms with E-state index in [2.05, 4.69) is 21.5 Å². The number of aromatic nitrogens is 3. The lowest BCUT2D eigenvalue weighted by Gasteiger charge is -2.14. The Morgan fingerprint density at radius 3 is 2.89 bits per heavy atom. The van der Waals surface area contributed by atoms with Gasteiger partial charge in [0.15, 0.2) is 0 Å². The van der Waals surface area contributed by atoms with Gasteiger partial charge in [0.2, 0.25) is 11.7 Å². The molecule has 0 bridgehead atoms. The molecule has 0 radical (unpaired) electrons. The first-order chi connectivity index (χ1) is 13.5. The fourth-order valence-electron chi connectivity index (χ4n) is 3.56. The number of nitrogens with zero attached hydrogens (tertiary/aromatic N) is 4. The van der Waals surface area contributed by atoms with Crippen molar-refractivity contribution in [2.24, 2.45) is 7.05 Å². The van der Waals surface area contributed by atoms with Crippen LogP contribution >= 0.6 is 0 Å². The second kappa shape index (κ2) is 6.03. The fourth-order valence-corrected chi connectivity index (χ4v) is 3.56. The molecule has 28 heavy (non-hydrogen) atoms. The molecule has 142 valence electrons. The van der Waals surface area contributed by atoms with E-state index in [0.29, 0.717) is 18.2 Å². The summed E-state index contributed by atoms with van der Waals surface area (Å²) in [5.41, 5.74) is 2.59. The topological polar surface area (TPSA) is 104 Å². The molecule has 0 saturated heterocycles. The van der Waals surface area contributed by atoms with E-state index < -0.39 is 4.92 Å². The summed E-state index contributed by atoms with van der Waals surface area (Å²) in [5, 5.41) is 18.1. The summed E-state index contributed by atoms with van der Waals surface area (Å²) in [6.45, 7) is 0.617. The van der Waals surface area contributed by atoms with E-state index in [1.54, 1.807) is 25.4 Å². The lowest BCUT2D eigenvalue weighted by molar-refractivity contribution is -0.384. The summed E-state index contributed by atoms with van der Waals surface area (Å²) in [6, 6.07) is 9.41. The van der Waals surface area contributed by atoms with Crippen LogP contribution in [-0.4, -0.2) is 19.7 Å². The van der Waals surface area contributed by atoms with Crippen molar-refractivity contribution >= 4 is 17.2 Å². The largest absolute Gasteiger partial charge is 0.439 e. The highest BCUT2D eigenvalue weighted by Gasteiger charge is 2.52. The van der Waals surface area contributed by atoms with Crippen molar-refractivity contribution in [3.63, 3.8) is 0 Å². The molecular weight excluding hydrogens is 362 g/mol. The zero-order chi connectivity index (χ0) is 19.3. The molecule has 5 rings (SSSR count). The van der Waals surface area contributed by atoms with Crippen LogP contribution in [0.25, 0.3) is 0 Å². The van der Waals surface area contributed by atoms with E-state index in [1.165, 1.54) is 10.9 Å². The molecule has 0 unspecified atom stereocenters. The lowest BCUT2D eigenvalue weighted by atomic mass is 10.0. The summed E-state index contributed by atoms with van der Waals surface area (Å²) < 4.78 is 13.4. The summed E-state index contributed by atoms with van der Waals surface area (Å²) in [7, 11) is 1.63. The molecule has 1 fully saturated rings. The van der Waals surface area contributed by atoms with Gasteiger partial charge in [-0.1, -0.05) is 12.1 Å². The summed E-state index contributed by atoms with van der Waals surface area (Å²) in [6.07, 6.45) is 4.93. The number of anilines is 2. The lowest BCUT2D eigenvalue weighted by Crippen LogP contribution is -2.05. The van der Waals surface area contributed by atoms with Gasteiger partial charge in [-0.25, -0.2) is 4.98 Å². The molecule has 1 saturated carbocycles. The van der Waals surface area contributed by atoms with Crippen LogP contribution in [0.5, 0.6) is 11.6 Å². The summed E-state index contributed by atoms with van der Waals surface area (Å²) in [5.74, 6) is 1.37. The van der Waals surface area contributed by atoms with Crippen LogP contribution in [0.4, 0.5) is 17.2 Å². The third-order valence-corrected chi connectivity index (χ3v) is 5.00. The predicted octanol–water partition coefficient (Wildman–Crippen LogP) is 3.78. The number of nitro groups is 1. The van der Waals surface area contributed by atoms with Crippen molar-refractivity contribution in [2.75, 3.05) is 5.32 Å². The first kappa shape index (κ1) is 16.7. The Hall–Kier alpha value is -3.46. The van der Waals surface area contributed by atoms with Crippen LogP contribution in [-0.2, 0) is 24.0 Å². The molecule has 3 heterocycles. The molecule has 1 aliphatic carbocycles. The Bertz CT molecular complexity index is 1070. The maximum Gasteiger partial charge on any atom is 0.331 e. The van der Waals surface area contributed by atoms with Gasteiger partial charge in [0.25, 0.3) is 0 Å². The highest BCUT2D eigenvalue weighted by molar-refractivity contribution is 5.64. The van der Waals surface area contributed by atoms with Crippen molar-refractivity contribution in [3.8, 4) is 11.6 Å². The van der Waals surface area contributed by atoms with Gasteiger partial charge in [-0.15, -0.1) is 5.10 Å². The minimum absolute atomic E-state index is 0.0996. The summed E-state index contributed by atoms with van der Waals surface area (Å²) in [4.78, 5) is 14.9. The number of hydrogen-bond acceptors (Lipinski definition) is 7. The third-order valence-electron chi connectivity index (χ3n) is 5.00. The van der Waals surface area contributed by atoms with Gasteiger partial charge in [-0.05, 0) is 30.5 Å². The van der Waals surface area contributed by atoms with E-state index in [9.17, 15) is 10.1 Å². The smallest absolute Gasteiger partial charge is 0.331 e. The second-order valence-corrected chi connectivity index (χ2v) is 6.98. The first-order valence-electron chi connectivity index (χ1n) is 8.89. The molecule has 0 amide bonds. The number of rotatable bonds is 5. The molecule has 2 aromatic heterocycles. The zero-order valence-corrected chi connectivity index (χ0v) is 15.1. The average Bonchev–Trinajstić information content (AvgIpc) is 3.22. The van der Waals surface area contributed by atoms with Gasteiger partial charge < -0.3 is 14.8 Å². The van der Waals surface area contributed by atoms with Crippen LogP contribution in [0, 0.1) is 10.1 Å². The minimum Gasteiger partial charge on any atom is -0.439 e. The third kappa shape index (κ3) is 2.76. The molecule has 2 aliphatic rings. The quantitative estimate of drug-likeness (QED) is 0.531. The normalized spacial score (nSPS) is 16.0. The Labute approximate surface area is 160 Å². The minimum atomic E-state index is -0.480. The number of hydrogen-bond donors (Lipinski definition) is 1. The number of aryl methyl sites for hydroxylation is 1. The van der Waals surface area contributed by atoms with Gasteiger partial charge in [-0.2, -0.15) is 0 Å². The number of benzene rings is 1. The van der Waals surface area contributed by atoms with Crippen LogP contribution in [0.2, 0.25) is 0 Å². The van der Waals surface area contributed by atoms with E-state index in [1.807, 2.05) is 12.1 Å². The molecule has 0 atom stereocenters. The van der Waals surface area contributed by atoms with Gasteiger partial charge in [0.05, 0.1) is 29.0 Å². The van der Waals surface area contributed by atoms with Crippen molar-refractivity contribution in [2.45, 2.75) is 25.0 Å². The predicted molar refractivity (Wildman–Crippen MR) is 99.6 cm³/mol. The number of ether oxygens (including phenoxy) is 2. The Morgan fingerprint density at radius 2 is 2.18 bits per heavy atom. The Balaban J connectivity index is 1.36. The SMILES string of the molecule is Cn1cc([N+](=O)[O-])c(Nc2ccc(Oc3cccc4c3C3(CC3)OC4)nc2)n1. The fraction of sp³-hybridized carbons (Fsp3) is 0.263. The molecule has 9 nitrogen and oxygen atoms in total. The van der Waals surface area contributed by atoms with Crippen molar-refractivity contribution in [3.05, 3.63) is 64.0 Å². The van der Waals surface area contributed by atoms with Crippen LogP contribution in [0.1, 0.15) is 24.0 Å². The van der Waals surface area contributed by atoms with Gasteiger partial charge in [0, 0.05) is 18.7 Å². The molecule has 9 heteroatoms. The second-order valence-electron chi connectivity index (χ2n) is 6.98. The first-order valence-corrected chi connectivity index (χ1v) is 8.89. The number of nitrogens with one attached hydrogen (secondary N) is 1. The van der Waals surface area contributed by atoms with E-state index in [-0.39, 0.29) is 17.1 Å². The molecule has 1 N–H and O–H groups in total. The average molecular weight is 379 g/mol. The van der Waals surface area contributed by atoms with E-state index in [0.717, 1.165) is 29.7 Å². The van der Waals surface area contributed by atoms with Crippen molar-refractivity contribution in [1.82, 2.24) is 14.8 Å². The monoisotopic (exact) mass is 379 g/mol. The van der Waals surface area contributed by atoms with Crippen molar-refractivity contribution < 1.29 is 14.4 Å². The maximum atomic E-state index is 11.1. The van der Waals surface area contributed by atoms with E-state index >= 15 is 0 Å². The number of pyridine rings is 1. The molecule has 1 spiro atoms. The highest BCUT2D eigenvalue weighted by atomic mass is 16.6. The molecular formula is C19H17N5O4. The Kier molecular flexibility index (Phi) is 3.59. The Morgan fingerprint density at radius 1 is 1.32 bits per heavy atom. The van der Waals surface area contributed by atoms with Crippen LogP contribution in [0.3, 0.4) is 0 Å². The van der Waals surface area contributed by atoms with Crippen LogP contribution in [0.15, 0.2) is 42.7 Å². The maximum absolute atomic E-state index is 11.1. The van der Waals surface area contributed by atoms with Crippen LogP contribution < -0.4 is 10.1 Å². The molecule has 1 aliphatic heterocycles.